The number of carbonyl (C=O) groups is 1. The van der Waals surface area contributed by atoms with Gasteiger partial charge in [0.05, 0.1) is 24.5 Å². The fraction of sp³-hybridized carbons (Fsp3) is 0.333. The number of carbonyl (C=O) groups excluding carboxylic acids is 1. The number of piperazine rings is 1. The van der Waals surface area contributed by atoms with Gasteiger partial charge in [-0.25, -0.2) is 0 Å². The summed E-state index contributed by atoms with van der Waals surface area (Å²) in [5.41, 5.74) is 16.2. The molecule has 2 aliphatic heterocycles. The van der Waals surface area contributed by atoms with Crippen LogP contribution in [-0.2, 0) is 4.79 Å². The maximum absolute atomic E-state index is 11.7. The largest absolute Gasteiger partial charge is 0.424 e. The van der Waals surface area contributed by atoms with Crippen molar-refractivity contribution < 1.29 is 9.21 Å². The minimum atomic E-state index is 0.00343. The maximum atomic E-state index is 11.7. The molecule has 30 heavy (non-hydrogen) atoms. The lowest BCUT2D eigenvalue weighted by Gasteiger charge is -2.36. The van der Waals surface area contributed by atoms with Crippen LogP contribution in [0.5, 0.6) is 0 Å². The van der Waals surface area contributed by atoms with Gasteiger partial charge in [0.15, 0.2) is 5.58 Å². The molecule has 0 aliphatic carbocycles. The molecular weight excluding hydrogens is 382 g/mol. The normalized spacial score (nSPS) is 18.9. The first-order valence-electron chi connectivity index (χ1n) is 9.88. The van der Waals surface area contributed by atoms with Gasteiger partial charge >= 0.3 is 0 Å². The molecule has 0 spiro atoms. The minimum absolute atomic E-state index is 0.00343. The first-order chi connectivity index (χ1) is 14.5. The third kappa shape index (κ3) is 4.25. The number of amides is 1. The van der Waals surface area contributed by atoms with Gasteiger partial charge in [-0.3, -0.25) is 14.8 Å². The molecular formula is C21H25N7O2. The summed E-state index contributed by atoms with van der Waals surface area (Å²) < 4.78 is 5.31. The molecule has 9 nitrogen and oxygen atoms in total. The summed E-state index contributed by atoms with van der Waals surface area (Å²) in [7, 11) is 0. The zero-order valence-electron chi connectivity index (χ0n) is 16.9. The van der Waals surface area contributed by atoms with E-state index >= 15 is 0 Å². The second kappa shape index (κ2) is 8.50. The average molecular weight is 407 g/mol. The number of hydrogen-bond acceptors (Lipinski definition) is 8. The summed E-state index contributed by atoms with van der Waals surface area (Å²) in [6.07, 6.45) is 5.80. The molecule has 0 bridgehead atoms. The Labute approximate surface area is 174 Å². The lowest BCUT2D eigenvalue weighted by atomic mass is 10.1. The van der Waals surface area contributed by atoms with Crippen molar-refractivity contribution in [1.29, 1.82) is 0 Å². The summed E-state index contributed by atoms with van der Waals surface area (Å²) in [6, 6.07) is 5.87. The summed E-state index contributed by atoms with van der Waals surface area (Å²) in [5, 5.41) is 0. The molecule has 0 saturated carbocycles. The number of fused-ring (bicyclic) bond motifs is 1. The highest BCUT2D eigenvalue weighted by Crippen LogP contribution is 2.19. The van der Waals surface area contributed by atoms with E-state index in [2.05, 4.69) is 19.9 Å². The van der Waals surface area contributed by atoms with Crippen LogP contribution in [0.1, 0.15) is 12.5 Å². The molecule has 1 aromatic carbocycles. The predicted molar refractivity (Wildman–Crippen MR) is 117 cm³/mol. The maximum Gasteiger partial charge on any atom is 0.292 e. The smallest absolute Gasteiger partial charge is 0.292 e. The minimum Gasteiger partial charge on any atom is -0.424 e. The van der Waals surface area contributed by atoms with Crippen molar-refractivity contribution in [3.05, 3.63) is 47.8 Å². The van der Waals surface area contributed by atoms with Gasteiger partial charge in [-0.05, 0) is 37.3 Å². The van der Waals surface area contributed by atoms with Crippen molar-refractivity contribution in [1.82, 2.24) is 14.8 Å². The fourth-order valence-electron chi connectivity index (χ4n) is 3.52. The van der Waals surface area contributed by atoms with Crippen LogP contribution in [0.25, 0.3) is 11.1 Å². The molecule has 0 radical (unpaired) electrons. The van der Waals surface area contributed by atoms with E-state index in [9.17, 15) is 4.79 Å². The van der Waals surface area contributed by atoms with E-state index in [1.807, 2.05) is 43.5 Å². The molecule has 4 rings (SSSR count). The molecule has 1 aromatic heterocycles. The van der Waals surface area contributed by atoms with Crippen LogP contribution in [-0.4, -0.2) is 71.4 Å². The van der Waals surface area contributed by atoms with Crippen molar-refractivity contribution in [3.63, 3.8) is 0 Å². The Bertz CT molecular complexity index is 1070. The van der Waals surface area contributed by atoms with Crippen molar-refractivity contribution in [2.75, 3.05) is 45.0 Å². The van der Waals surface area contributed by atoms with Gasteiger partial charge in [-0.1, -0.05) is 0 Å². The zero-order chi connectivity index (χ0) is 21.1. The van der Waals surface area contributed by atoms with Crippen LogP contribution >= 0.6 is 0 Å². The first kappa shape index (κ1) is 19.8. The van der Waals surface area contributed by atoms with Crippen LogP contribution in [0.3, 0.4) is 0 Å². The number of dihydropyridines is 1. The molecule has 2 aliphatic rings. The molecule has 2 aromatic rings. The van der Waals surface area contributed by atoms with Crippen LogP contribution in [0, 0.1) is 0 Å². The lowest BCUT2D eigenvalue weighted by molar-refractivity contribution is -0.131. The Morgan fingerprint density at radius 3 is 2.70 bits per heavy atom. The number of anilines is 1. The van der Waals surface area contributed by atoms with E-state index in [-0.39, 0.29) is 18.5 Å². The average Bonchev–Trinajstić information content (AvgIpc) is 3.16. The predicted octanol–water partition coefficient (Wildman–Crippen LogP) is 1.17. The Hall–Kier alpha value is -3.46. The summed E-state index contributed by atoms with van der Waals surface area (Å²) in [5.74, 6) is 0.00343. The number of rotatable bonds is 4. The van der Waals surface area contributed by atoms with Gasteiger partial charge in [0, 0.05) is 43.6 Å². The number of aromatic nitrogens is 1. The van der Waals surface area contributed by atoms with Crippen molar-refractivity contribution in [2.24, 2.45) is 15.7 Å². The number of aliphatic imine (C=N–C) groups is 2. The molecule has 1 amide bonds. The van der Waals surface area contributed by atoms with Crippen LogP contribution in [0.2, 0.25) is 0 Å². The highest BCUT2D eigenvalue weighted by atomic mass is 16.4. The number of allylic oxidation sites excluding steroid dienone is 2. The number of oxazole rings is 1. The second-order valence-electron chi connectivity index (χ2n) is 7.23. The van der Waals surface area contributed by atoms with Crippen molar-refractivity contribution >= 4 is 34.4 Å². The Morgan fingerprint density at radius 1 is 1.23 bits per heavy atom. The van der Waals surface area contributed by atoms with E-state index in [1.165, 1.54) is 0 Å². The van der Waals surface area contributed by atoms with Gasteiger partial charge in [0.1, 0.15) is 5.52 Å². The van der Waals surface area contributed by atoms with Crippen LogP contribution < -0.4 is 11.5 Å². The SMILES string of the molecule is C/C(=C\N=C1\C=CC(c2ccc3oc(N)nc3c2)=NC1)N1CCN(C(=O)CN)CC1. The molecule has 0 atom stereocenters. The van der Waals surface area contributed by atoms with E-state index in [0.29, 0.717) is 30.7 Å². The molecule has 9 heteroatoms. The highest BCUT2D eigenvalue weighted by Gasteiger charge is 2.20. The van der Waals surface area contributed by atoms with E-state index in [4.69, 9.17) is 15.9 Å². The summed E-state index contributed by atoms with van der Waals surface area (Å²) in [6.45, 7) is 5.55. The van der Waals surface area contributed by atoms with E-state index in [0.717, 1.165) is 35.8 Å². The van der Waals surface area contributed by atoms with Crippen LogP contribution in [0.15, 0.2) is 56.7 Å². The Kier molecular flexibility index (Phi) is 5.62. The standard InChI is InChI=1S/C21H25N7O2/c1-14(27-6-8-28(9-7-27)20(29)11-22)12-24-16-3-4-17(25-13-16)15-2-5-19-18(10-15)26-21(23)30-19/h2-5,10,12H,6-9,11,13,22H2,1H3,(H2,23,26)/b14-12+,24-16-. The molecule has 156 valence electrons. The van der Waals surface area contributed by atoms with E-state index < -0.39 is 0 Å². The van der Waals surface area contributed by atoms with Gasteiger partial charge < -0.3 is 25.7 Å². The Balaban J connectivity index is 1.37. The number of nitrogen functional groups attached to an aromatic ring is 1. The summed E-state index contributed by atoms with van der Waals surface area (Å²) in [4.78, 5) is 29.1. The number of nitrogens with two attached hydrogens (primary N) is 2. The third-order valence-electron chi connectivity index (χ3n) is 5.27. The third-order valence-corrected chi connectivity index (χ3v) is 5.27. The van der Waals surface area contributed by atoms with E-state index in [1.54, 1.807) is 4.90 Å². The van der Waals surface area contributed by atoms with Gasteiger partial charge in [0.25, 0.3) is 6.01 Å². The number of hydrogen-bond donors (Lipinski definition) is 2. The van der Waals surface area contributed by atoms with Crippen molar-refractivity contribution in [3.8, 4) is 0 Å². The molecule has 1 fully saturated rings. The Morgan fingerprint density at radius 2 is 2.00 bits per heavy atom. The monoisotopic (exact) mass is 407 g/mol. The van der Waals surface area contributed by atoms with Gasteiger partial charge in [0.2, 0.25) is 5.91 Å². The quantitative estimate of drug-likeness (QED) is 0.783. The second-order valence-corrected chi connectivity index (χ2v) is 7.23. The first-order valence-corrected chi connectivity index (χ1v) is 9.88. The fourth-order valence-corrected chi connectivity index (χ4v) is 3.52. The number of nitrogens with zero attached hydrogens (tertiary/aromatic N) is 5. The number of benzene rings is 1. The van der Waals surface area contributed by atoms with Crippen LogP contribution in [0.4, 0.5) is 6.01 Å². The van der Waals surface area contributed by atoms with Gasteiger partial charge in [-0.15, -0.1) is 0 Å². The molecule has 3 heterocycles. The van der Waals surface area contributed by atoms with Gasteiger partial charge in [-0.2, -0.15) is 4.98 Å². The topological polar surface area (TPSA) is 126 Å². The zero-order valence-corrected chi connectivity index (χ0v) is 16.9. The molecule has 1 saturated heterocycles. The highest BCUT2D eigenvalue weighted by molar-refractivity contribution is 6.16. The summed E-state index contributed by atoms with van der Waals surface area (Å²) >= 11 is 0. The lowest BCUT2D eigenvalue weighted by Crippen LogP contribution is -2.49. The van der Waals surface area contributed by atoms with Crippen molar-refractivity contribution in [2.45, 2.75) is 6.92 Å². The molecule has 4 N–H and O–H groups in total. The molecule has 0 unspecified atom stereocenters.